The van der Waals surface area contributed by atoms with Gasteiger partial charge in [-0.2, -0.15) is 0 Å². The number of carbonyl (C=O) groups is 2. The van der Waals surface area contributed by atoms with Crippen molar-refractivity contribution in [2.24, 2.45) is 11.7 Å². The first kappa shape index (κ1) is 14.9. The van der Waals surface area contributed by atoms with Crippen LogP contribution in [0, 0.1) is 5.92 Å². The maximum absolute atomic E-state index is 12.7. The minimum Gasteiger partial charge on any atom is -0.369 e. The molecule has 22 heavy (non-hydrogen) atoms. The van der Waals surface area contributed by atoms with Gasteiger partial charge in [0.15, 0.2) is 0 Å². The van der Waals surface area contributed by atoms with E-state index in [-0.39, 0.29) is 23.8 Å². The van der Waals surface area contributed by atoms with E-state index in [1.807, 2.05) is 19.1 Å². The molecular weight excluding hydrogens is 302 g/mol. The summed E-state index contributed by atoms with van der Waals surface area (Å²) in [7, 11) is 0. The van der Waals surface area contributed by atoms with Crippen LogP contribution in [0.25, 0.3) is 10.9 Å². The van der Waals surface area contributed by atoms with E-state index < -0.39 is 0 Å². The van der Waals surface area contributed by atoms with Gasteiger partial charge in [-0.1, -0.05) is 11.6 Å². The number of amides is 2. The molecule has 2 amide bonds. The number of aromatic nitrogens is 1. The molecule has 1 aromatic carbocycles. The Labute approximate surface area is 133 Å². The van der Waals surface area contributed by atoms with E-state index in [2.05, 4.69) is 4.98 Å². The average molecular weight is 320 g/mol. The minimum absolute atomic E-state index is 0.0955. The van der Waals surface area contributed by atoms with Gasteiger partial charge in [-0.3, -0.25) is 9.59 Å². The number of rotatable bonds is 2. The van der Waals surface area contributed by atoms with Gasteiger partial charge in [0.25, 0.3) is 5.91 Å². The zero-order valence-electron chi connectivity index (χ0n) is 12.3. The summed E-state index contributed by atoms with van der Waals surface area (Å²) >= 11 is 5.97. The predicted molar refractivity (Wildman–Crippen MR) is 85.7 cm³/mol. The zero-order valence-corrected chi connectivity index (χ0v) is 13.1. The molecule has 1 saturated heterocycles. The molecule has 6 heteroatoms. The molecule has 2 aromatic rings. The monoisotopic (exact) mass is 319 g/mol. The van der Waals surface area contributed by atoms with Crippen LogP contribution in [-0.4, -0.2) is 34.3 Å². The molecule has 5 nitrogen and oxygen atoms in total. The molecule has 0 saturated carbocycles. The van der Waals surface area contributed by atoms with E-state index in [0.29, 0.717) is 17.3 Å². The lowest BCUT2D eigenvalue weighted by Gasteiger charge is -2.36. The molecule has 1 aromatic heterocycles. The molecule has 1 aliphatic rings. The first-order valence-electron chi connectivity index (χ1n) is 7.34. The van der Waals surface area contributed by atoms with E-state index >= 15 is 0 Å². The summed E-state index contributed by atoms with van der Waals surface area (Å²) in [5, 5.41) is 1.53. The predicted octanol–water partition coefficient (Wildman–Crippen LogP) is 2.55. The Balaban J connectivity index is 1.88. The molecule has 116 valence electrons. The van der Waals surface area contributed by atoms with Crippen LogP contribution in [0.5, 0.6) is 0 Å². The third-order valence-electron chi connectivity index (χ3n) is 4.36. The fourth-order valence-corrected chi connectivity index (χ4v) is 3.18. The number of hydrogen-bond donors (Lipinski definition) is 2. The number of halogens is 1. The highest BCUT2D eigenvalue weighted by atomic mass is 35.5. The number of carbonyl (C=O) groups excluding carboxylic acids is 2. The van der Waals surface area contributed by atoms with Crippen LogP contribution in [0.3, 0.4) is 0 Å². The summed E-state index contributed by atoms with van der Waals surface area (Å²) in [5.41, 5.74) is 6.77. The second-order valence-electron chi connectivity index (χ2n) is 5.90. The normalized spacial score (nSPS) is 22.0. The van der Waals surface area contributed by atoms with Crippen molar-refractivity contribution >= 4 is 34.3 Å². The first-order valence-corrected chi connectivity index (χ1v) is 7.72. The lowest BCUT2D eigenvalue weighted by molar-refractivity contribution is -0.123. The van der Waals surface area contributed by atoms with Crippen molar-refractivity contribution in [3.63, 3.8) is 0 Å². The summed E-state index contributed by atoms with van der Waals surface area (Å²) in [5.74, 6) is -0.710. The summed E-state index contributed by atoms with van der Waals surface area (Å²) in [6, 6.07) is 7.33. The zero-order chi connectivity index (χ0) is 15.9. The number of primary amides is 1. The number of hydrogen-bond acceptors (Lipinski definition) is 2. The highest BCUT2D eigenvalue weighted by Gasteiger charge is 2.32. The van der Waals surface area contributed by atoms with Crippen LogP contribution in [0.2, 0.25) is 5.02 Å². The first-order chi connectivity index (χ1) is 10.5. The highest BCUT2D eigenvalue weighted by Crippen LogP contribution is 2.25. The number of likely N-dealkylation sites (tertiary alicyclic amines) is 1. The smallest absolute Gasteiger partial charge is 0.270 e. The van der Waals surface area contributed by atoms with Crippen LogP contribution >= 0.6 is 11.6 Å². The van der Waals surface area contributed by atoms with Gasteiger partial charge in [-0.15, -0.1) is 0 Å². The van der Waals surface area contributed by atoms with Gasteiger partial charge in [-0.05, 0) is 44.0 Å². The number of benzene rings is 1. The Kier molecular flexibility index (Phi) is 3.83. The Bertz CT molecular complexity index is 740. The Morgan fingerprint density at radius 2 is 2.09 bits per heavy atom. The van der Waals surface area contributed by atoms with Crippen molar-refractivity contribution in [1.29, 1.82) is 0 Å². The molecule has 3 N–H and O–H groups in total. The molecule has 1 aliphatic heterocycles. The Morgan fingerprint density at radius 3 is 2.82 bits per heavy atom. The van der Waals surface area contributed by atoms with Gasteiger partial charge in [0.1, 0.15) is 5.69 Å². The van der Waals surface area contributed by atoms with E-state index in [0.717, 1.165) is 23.7 Å². The number of fused-ring (bicyclic) bond motifs is 1. The molecular formula is C16H18ClN3O2. The quantitative estimate of drug-likeness (QED) is 0.892. The topological polar surface area (TPSA) is 79.2 Å². The number of nitrogens with zero attached hydrogens (tertiary/aromatic N) is 1. The maximum Gasteiger partial charge on any atom is 0.270 e. The Hall–Kier alpha value is -2.01. The number of nitrogens with two attached hydrogens (primary N) is 1. The van der Waals surface area contributed by atoms with E-state index in [4.69, 9.17) is 17.3 Å². The van der Waals surface area contributed by atoms with E-state index in [1.54, 1.807) is 17.0 Å². The van der Waals surface area contributed by atoms with E-state index in [1.165, 1.54) is 0 Å². The van der Waals surface area contributed by atoms with E-state index in [9.17, 15) is 9.59 Å². The lowest BCUT2D eigenvalue weighted by atomic mass is 9.92. The van der Waals surface area contributed by atoms with Crippen molar-refractivity contribution in [3.05, 3.63) is 35.0 Å². The molecule has 0 radical (unpaired) electrons. The number of aromatic amines is 1. The fourth-order valence-electron chi connectivity index (χ4n) is 3.00. The van der Waals surface area contributed by atoms with Crippen molar-refractivity contribution in [2.45, 2.75) is 25.8 Å². The standard InChI is InChI=1S/C16H18ClN3O2/c1-9-2-3-10(15(18)21)8-20(9)16(22)14-7-11-6-12(17)4-5-13(11)19-14/h4-7,9-10,19H,2-3,8H2,1H3,(H2,18,21)/t9-,10+/m1/s1. The molecule has 0 aliphatic carbocycles. The van der Waals surface area contributed by atoms with Crippen LogP contribution in [0.4, 0.5) is 0 Å². The fraction of sp³-hybridized carbons (Fsp3) is 0.375. The van der Waals surface area contributed by atoms with Crippen LogP contribution in [-0.2, 0) is 4.79 Å². The molecule has 0 unspecified atom stereocenters. The van der Waals surface area contributed by atoms with Crippen molar-refractivity contribution in [2.75, 3.05) is 6.54 Å². The Morgan fingerprint density at radius 1 is 1.32 bits per heavy atom. The van der Waals surface area contributed by atoms with Crippen LogP contribution in [0.1, 0.15) is 30.3 Å². The second kappa shape index (κ2) is 5.65. The second-order valence-corrected chi connectivity index (χ2v) is 6.33. The SMILES string of the molecule is C[C@@H]1CC[C@H](C(N)=O)CN1C(=O)c1cc2cc(Cl)ccc2[nH]1. The number of nitrogens with one attached hydrogen (secondary N) is 1. The largest absolute Gasteiger partial charge is 0.369 e. The van der Waals surface area contributed by atoms with Gasteiger partial charge in [0, 0.05) is 28.5 Å². The average Bonchev–Trinajstić information content (AvgIpc) is 2.89. The molecule has 1 fully saturated rings. The van der Waals surface area contributed by atoms with Gasteiger partial charge in [-0.25, -0.2) is 0 Å². The third kappa shape index (κ3) is 2.68. The van der Waals surface area contributed by atoms with Gasteiger partial charge >= 0.3 is 0 Å². The molecule has 3 rings (SSSR count). The maximum atomic E-state index is 12.7. The van der Waals surface area contributed by atoms with Crippen LogP contribution < -0.4 is 5.73 Å². The molecule has 0 bridgehead atoms. The summed E-state index contributed by atoms with van der Waals surface area (Å²) < 4.78 is 0. The van der Waals surface area contributed by atoms with Gasteiger partial charge in [0.05, 0.1) is 5.92 Å². The molecule has 0 spiro atoms. The number of H-pyrrole nitrogens is 1. The number of piperidine rings is 1. The van der Waals surface area contributed by atoms with Crippen molar-refractivity contribution in [3.8, 4) is 0 Å². The molecule has 2 atom stereocenters. The summed E-state index contributed by atoms with van der Waals surface area (Å²) in [6.07, 6.45) is 1.52. The van der Waals surface area contributed by atoms with Gasteiger partial charge in [0.2, 0.25) is 5.91 Å². The summed E-state index contributed by atoms with van der Waals surface area (Å²) in [6.45, 7) is 2.38. The third-order valence-corrected chi connectivity index (χ3v) is 4.59. The lowest BCUT2D eigenvalue weighted by Crippen LogP contribution is -2.48. The minimum atomic E-state index is -0.340. The summed E-state index contributed by atoms with van der Waals surface area (Å²) in [4.78, 5) is 29.0. The van der Waals surface area contributed by atoms with Crippen molar-refractivity contribution in [1.82, 2.24) is 9.88 Å². The van der Waals surface area contributed by atoms with Gasteiger partial charge < -0.3 is 15.6 Å². The van der Waals surface area contributed by atoms with Crippen LogP contribution in [0.15, 0.2) is 24.3 Å². The highest BCUT2D eigenvalue weighted by molar-refractivity contribution is 6.31. The molecule has 2 heterocycles. The van der Waals surface area contributed by atoms with Crippen molar-refractivity contribution < 1.29 is 9.59 Å².